The molecule has 0 radical (unpaired) electrons. The number of alkyl halides is 2. The summed E-state index contributed by atoms with van der Waals surface area (Å²) < 4.78 is 34.1. The molecule has 4 aromatic heterocycles. The third-order valence-electron chi connectivity index (χ3n) is 7.05. The van der Waals surface area contributed by atoms with Gasteiger partial charge >= 0.3 is 6.61 Å². The monoisotopic (exact) mass is 511 g/mol. The van der Waals surface area contributed by atoms with Gasteiger partial charge in [-0.2, -0.15) is 13.8 Å². The molecule has 37 heavy (non-hydrogen) atoms. The minimum absolute atomic E-state index is 0.0107. The standard InChI is InChI=1S/C26H31F2N7O2/c1-4-15(2)13-35-20(11-16-7-8-21(32-22(16)35)37-26(27)28)24-31-19-10-17(12-30-23(19)33(24)3)25(36)34-9-5-6-18(29)14-34/h7-8,10-12,15,18,26H,4-6,9,13-14,29H2,1-3H3/t15?,18-/m1/s1. The van der Waals surface area contributed by atoms with Crippen LogP contribution in [0.4, 0.5) is 8.78 Å². The number of rotatable bonds is 7. The second kappa shape index (κ2) is 10.0. The summed E-state index contributed by atoms with van der Waals surface area (Å²) in [5.41, 5.74) is 9.10. The Hall–Kier alpha value is -3.60. The van der Waals surface area contributed by atoms with Crippen LogP contribution >= 0.6 is 0 Å². The number of nitrogens with two attached hydrogens (primary N) is 1. The van der Waals surface area contributed by atoms with E-state index in [1.165, 1.54) is 6.07 Å². The van der Waals surface area contributed by atoms with Gasteiger partial charge in [-0.1, -0.05) is 20.3 Å². The number of likely N-dealkylation sites (tertiary alicyclic amines) is 1. The first-order valence-electron chi connectivity index (χ1n) is 12.6. The number of pyridine rings is 2. The van der Waals surface area contributed by atoms with Crippen LogP contribution in [0.25, 0.3) is 33.7 Å². The summed E-state index contributed by atoms with van der Waals surface area (Å²) >= 11 is 0. The molecular formula is C26H31F2N7O2. The number of nitrogens with zero attached hydrogens (tertiary/aromatic N) is 6. The Morgan fingerprint density at radius 2 is 2.05 bits per heavy atom. The normalized spacial score (nSPS) is 17.2. The van der Waals surface area contributed by atoms with Crippen LogP contribution < -0.4 is 10.5 Å². The molecule has 1 aliphatic heterocycles. The number of piperidine rings is 1. The maximum Gasteiger partial charge on any atom is 0.388 e. The summed E-state index contributed by atoms with van der Waals surface area (Å²) in [6.07, 6.45) is 4.32. The van der Waals surface area contributed by atoms with E-state index in [1.807, 2.05) is 22.2 Å². The van der Waals surface area contributed by atoms with E-state index in [0.29, 0.717) is 53.8 Å². The third kappa shape index (κ3) is 4.87. The molecule has 5 rings (SSSR count). The molecule has 2 N–H and O–H groups in total. The Balaban J connectivity index is 1.58. The predicted molar refractivity (Wildman–Crippen MR) is 136 cm³/mol. The lowest BCUT2D eigenvalue weighted by Gasteiger charge is -2.30. The summed E-state index contributed by atoms with van der Waals surface area (Å²) in [5.74, 6) is 0.719. The molecule has 1 unspecified atom stereocenters. The molecule has 1 aliphatic rings. The number of imidazole rings is 1. The van der Waals surface area contributed by atoms with E-state index >= 15 is 0 Å². The molecule has 11 heteroatoms. The zero-order valence-corrected chi connectivity index (χ0v) is 21.2. The van der Waals surface area contributed by atoms with Crippen molar-refractivity contribution in [2.24, 2.45) is 18.7 Å². The predicted octanol–water partition coefficient (Wildman–Crippen LogP) is 4.20. The van der Waals surface area contributed by atoms with Gasteiger partial charge in [-0.25, -0.2) is 9.97 Å². The van der Waals surface area contributed by atoms with Crippen molar-refractivity contribution >= 4 is 28.1 Å². The van der Waals surface area contributed by atoms with Crippen molar-refractivity contribution in [2.45, 2.75) is 52.3 Å². The lowest BCUT2D eigenvalue weighted by molar-refractivity contribution is -0.0526. The molecule has 0 saturated carbocycles. The van der Waals surface area contributed by atoms with E-state index in [4.69, 9.17) is 10.7 Å². The highest BCUT2D eigenvalue weighted by Gasteiger charge is 2.25. The average Bonchev–Trinajstić information content (AvgIpc) is 3.39. The van der Waals surface area contributed by atoms with Crippen LogP contribution in [0, 0.1) is 5.92 Å². The van der Waals surface area contributed by atoms with Gasteiger partial charge in [0.15, 0.2) is 11.5 Å². The Labute approximate surface area is 213 Å². The number of aryl methyl sites for hydroxylation is 1. The Morgan fingerprint density at radius 3 is 2.78 bits per heavy atom. The highest BCUT2D eigenvalue weighted by atomic mass is 19.3. The maximum absolute atomic E-state index is 13.1. The first-order valence-corrected chi connectivity index (χ1v) is 12.6. The van der Waals surface area contributed by atoms with Crippen LogP contribution in [0.2, 0.25) is 0 Å². The molecule has 1 amide bonds. The fraction of sp³-hybridized carbons (Fsp3) is 0.462. The van der Waals surface area contributed by atoms with E-state index in [0.717, 1.165) is 30.3 Å². The molecule has 0 aliphatic carbocycles. The van der Waals surface area contributed by atoms with Crippen molar-refractivity contribution < 1.29 is 18.3 Å². The number of hydrogen-bond acceptors (Lipinski definition) is 6. The van der Waals surface area contributed by atoms with E-state index in [1.54, 1.807) is 23.2 Å². The molecule has 5 heterocycles. The zero-order valence-electron chi connectivity index (χ0n) is 21.2. The first-order chi connectivity index (χ1) is 17.7. The van der Waals surface area contributed by atoms with E-state index in [9.17, 15) is 13.6 Å². The van der Waals surface area contributed by atoms with Crippen LogP contribution in [0.1, 0.15) is 43.5 Å². The van der Waals surface area contributed by atoms with Crippen LogP contribution in [0.15, 0.2) is 30.5 Å². The molecule has 196 valence electrons. The zero-order chi connectivity index (χ0) is 26.3. The molecule has 0 spiro atoms. The van der Waals surface area contributed by atoms with Gasteiger partial charge in [0.25, 0.3) is 5.91 Å². The van der Waals surface area contributed by atoms with Crippen LogP contribution in [0.5, 0.6) is 5.88 Å². The SMILES string of the molecule is CCC(C)Cn1c(-c2nc3cc(C(=O)N4CCC[C@@H](N)C4)cnc3n2C)cc2ccc(OC(F)F)nc21. The number of fused-ring (bicyclic) bond motifs is 2. The molecular weight excluding hydrogens is 480 g/mol. The van der Waals surface area contributed by atoms with Gasteiger partial charge in [0.2, 0.25) is 5.88 Å². The second-order valence-electron chi connectivity index (χ2n) is 9.81. The fourth-order valence-electron chi connectivity index (χ4n) is 4.88. The quantitative estimate of drug-likeness (QED) is 0.399. The van der Waals surface area contributed by atoms with Crippen molar-refractivity contribution in [1.82, 2.24) is 29.0 Å². The summed E-state index contributed by atoms with van der Waals surface area (Å²) in [6, 6.07) is 6.86. The van der Waals surface area contributed by atoms with E-state index < -0.39 is 6.61 Å². The molecule has 1 saturated heterocycles. The second-order valence-corrected chi connectivity index (χ2v) is 9.81. The number of hydrogen-bond donors (Lipinski definition) is 1. The van der Waals surface area contributed by atoms with Gasteiger partial charge in [-0.3, -0.25) is 4.79 Å². The number of ether oxygens (including phenoxy) is 1. The molecule has 0 aromatic carbocycles. The largest absolute Gasteiger partial charge is 0.417 e. The van der Waals surface area contributed by atoms with Crippen molar-refractivity contribution in [3.8, 4) is 17.4 Å². The van der Waals surface area contributed by atoms with Gasteiger partial charge < -0.3 is 24.5 Å². The number of carbonyl (C=O) groups excluding carboxylic acids is 1. The summed E-state index contributed by atoms with van der Waals surface area (Å²) in [7, 11) is 1.87. The van der Waals surface area contributed by atoms with E-state index in [-0.39, 0.29) is 17.8 Å². The van der Waals surface area contributed by atoms with Crippen molar-refractivity contribution in [3.05, 3.63) is 36.0 Å². The van der Waals surface area contributed by atoms with E-state index in [2.05, 4.69) is 28.6 Å². The molecule has 9 nitrogen and oxygen atoms in total. The van der Waals surface area contributed by atoms with Crippen molar-refractivity contribution in [1.29, 1.82) is 0 Å². The van der Waals surface area contributed by atoms with Crippen LogP contribution in [0.3, 0.4) is 0 Å². The Kier molecular flexibility index (Phi) is 6.80. The highest BCUT2D eigenvalue weighted by Crippen LogP contribution is 2.31. The van der Waals surface area contributed by atoms with Crippen molar-refractivity contribution in [2.75, 3.05) is 13.1 Å². The first kappa shape index (κ1) is 25.1. The summed E-state index contributed by atoms with van der Waals surface area (Å²) in [6.45, 7) is 3.10. The fourth-order valence-corrected chi connectivity index (χ4v) is 4.88. The molecule has 4 aromatic rings. The summed E-state index contributed by atoms with van der Waals surface area (Å²) in [5, 5.41) is 0.789. The average molecular weight is 512 g/mol. The number of carbonyl (C=O) groups is 1. The summed E-state index contributed by atoms with van der Waals surface area (Å²) in [4.78, 5) is 28.7. The van der Waals surface area contributed by atoms with Gasteiger partial charge in [-0.15, -0.1) is 0 Å². The lowest BCUT2D eigenvalue weighted by Crippen LogP contribution is -2.45. The topological polar surface area (TPSA) is 104 Å². The Morgan fingerprint density at radius 1 is 1.24 bits per heavy atom. The number of halogens is 2. The van der Waals surface area contributed by atoms with Gasteiger partial charge in [0.1, 0.15) is 11.2 Å². The Bertz CT molecular complexity index is 1450. The van der Waals surface area contributed by atoms with Gasteiger partial charge in [0, 0.05) is 50.4 Å². The highest BCUT2D eigenvalue weighted by molar-refractivity contribution is 5.97. The van der Waals surface area contributed by atoms with Gasteiger partial charge in [0.05, 0.1) is 11.3 Å². The molecule has 2 atom stereocenters. The van der Waals surface area contributed by atoms with Crippen LogP contribution in [-0.4, -0.2) is 60.6 Å². The third-order valence-corrected chi connectivity index (χ3v) is 7.05. The smallest absolute Gasteiger partial charge is 0.388 e. The minimum atomic E-state index is -2.95. The van der Waals surface area contributed by atoms with Gasteiger partial charge in [-0.05, 0) is 37.0 Å². The van der Waals surface area contributed by atoms with Crippen molar-refractivity contribution in [3.63, 3.8) is 0 Å². The number of aromatic nitrogens is 5. The lowest BCUT2D eigenvalue weighted by atomic mass is 10.1. The minimum Gasteiger partial charge on any atom is -0.417 e. The number of amides is 1. The molecule has 1 fully saturated rings. The maximum atomic E-state index is 13.1. The molecule has 0 bridgehead atoms. The van der Waals surface area contributed by atoms with Crippen LogP contribution in [-0.2, 0) is 13.6 Å².